The van der Waals surface area contributed by atoms with Crippen LogP contribution in [0.25, 0.3) is 11.1 Å². The summed E-state index contributed by atoms with van der Waals surface area (Å²) in [7, 11) is 2.54. The number of pyridine rings is 2. The Morgan fingerprint density at radius 1 is 0.614 bits per heavy atom. The summed E-state index contributed by atoms with van der Waals surface area (Å²) in [6, 6.07) is 33.3. The maximum atomic E-state index is 13.1. The quantitative estimate of drug-likeness (QED) is 0.0469. The van der Waals surface area contributed by atoms with E-state index in [4.69, 9.17) is 43.2 Å². The molecule has 17 nitrogen and oxygen atoms in total. The predicted molar refractivity (Wildman–Crippen MR) is 274 cm³/mol. The summed E-state index contributed by atoms with van der Waals surface area (Å²) >= 11 is 15.2. The lowest BCUT2D eigenvalue weighted by atomic mass is 10.0. The molecule has 5 aromatic carbocycles. The molecule has 4 amide bonds. The number of hydrogen-bond donors (Lipinski definition) is 6. The van der Waals surface area contributed by atoms with Gasteiger partial charge in [0.15, 0.2) is 11.5 Å². The standard InChI is InChI=1S/C25H18Cl2N4O4S.C24H24BrN5O4/c26-17-9-11-21(20(13-17)25(33)31-23-12-10-18(27)14-29-23)30-24(32)16-7-5-15(6-8-16)19-3-1-2-4-22(19)36(28,34)35;1-30(2)22(26)14-5-7-15(8-6-14)23(31)28-18-12-20(34-4)19(33-3)11-17(18)24(32)29-21-10-9-16(25)13-27-21/h1-14H,(H,30,32)(H2,28,34,35)(H,29,31,33);5-13,26H,1-4H3,(H,28,31)(H,27,29,32). The van der Waals surface area contributed by atoms with Crippen molar-refractivity contribution >= 4 is 102 Å². The molecule has 21 heteroatoms. The van der Waals surface area contributed by atoms with Gasteiger partial charge < -0.3 is 35.6 Å². The van der Waals surface area contributed by atoms with Crippen LogP contribution >= 0.6 is 39.1 Å². The molecule has 0 unspecified atom stereocenters. The van der Waals surface area contributed by atoms with Crippen molar-refractivity contribution in [1.82, 2.24) is 14.9 Å². The Kier molecular flexibility index (Phi) is 17.0. The molecule has 2 heterocycles. The van der Waals surface area contributed by atoms with Gasteiger partial charge in [0.25, 0.3) is 23.6 Å². The molecule has 0 aliphatic rings. The van der Waals surface area contributed by atoms with Gasteiger partial charge in [-0.2, -0.15) is 0 Å². The first-order valence-electron chi connectivity index (χ1n) is 20.5. The zero-order valence-electron chi connectivity index (χ0n) is 37.5. The number of benzene rings is 5. The van der Waals surface area contributed by atoms with Crippen molar-refractivity contribution in [2.75, 3.05) is 49.6 Å². The van der Waals surface area contributed by atoms with Gasteiger partial charge in [-0.15, -0.1) is 0 Å². The van der Waals surface area contributed by atoms with Crippen molar-refractivity contribution in [2.45, 2.75) is 4.90 Å². The third-order valence-corrected chi connectivity index (χ3v) is 11.8. The highest BCUT2D eigenvalue weighted by Crippen LogP contribution is 2.34. The number of rotatable bonds is 13. The van der Waals surface area contributed by atoms with Gasteiger partial charge in [0.2, 0.25) is 10.0 Å². The maximum Gasteiger partial charge on any atom is 0.259 e. The molecule has 0 saturated carbocycles. The van der Waals surface area contributed by atoms with E-state index in [9.17, 15) is 27.6 Å². The highest BCUT2D eigenvalue weighted by Gasteiger charge is 2.21. The van der Waals surface area contributed by atoms with Crippen molar-refractivity contribution in [3.8, 4) is 22.6 Å². The van der Waals surface area contributed by atoms with Crippen LogP contribution in [0.2, 0.25) is 10.0 Å². The second-order valence-corrected chi connectivity index (χ2v) is 18.2. The molecule has 0 aliphatic heterocycles. The summed E-state index contributed by atoms with van der Waals surface area (Å²) in [5, 5.41) is 24.9. The number of ether oxygens (including phenoxy) is 2. The summed E-state index contributed by atoms with van der Waals surface area (Å²) in [6.45, 7) is 0. The number of primary sulfonamides is 1. The first kappa shape index (κ1) is 51.7. The first-order chi connectivity index (χ1) is 33.3. The molecule has 0 radical (unpaired) electrons. The number of halogens is 3. The van der Waals surface area contributed by atoms with Crippen LogP contribution in [0.15, 0.2) is 149 Å². The Hall–Kier alpha value is -7.68. The van der Waals surface area contributed by atoms with Crippen LogP contribution in [0.3, 0.4) is 0 Å². The Bertz CT molecular complexity index is 3200. The van der Waals surface area contributed by atoms with Gasteiger partial charge in [-0.3, -0.25) is 24.6 Å². The minimum absolute atomic E-state index is 0.0193. The van der Waals surface area contributed by atoms with E-state index in [0.29, 0.717) is 55.5 Å². The van der Waals surface area contributed by atoms with Crippen LogP contribution in [-0.2, 0) is 10.0 Å². The third-order valence-electron chi connectivity index (χ3n) is 9.95. The van der Waals surface area contributed by atoms with E-state index >= 15 is 0 Å². The highest BCUT2D eigenvalue weighted by atomic mass is 79.9. The number of nitrogens with one attached hydrogen (secondary N) is 5. The van der Waals surface area contributed by atoms with E-state index in [2.05, 4.69) is 47.2 Å². The Balaban J connectivity index is 0.000000230. The Morgan fingerprint density at radius 2 is 1.13 bits per heavy atom. The summed E-state index contributed by atoms with van der Waals surface area (Å²) in [5.74, 6) is -0.290. The van der Waals surface area contributed by atoms with Crippen LogP contribution in [0, 0.1) is 5.41 Å². The van der Waals surface area contributed by atoms with Crippen molar-refractivity contribution < 1.29 is 37.1 Å². The lowest BCUT2D eigenvalue weighted by Crippen LogP contribution is -2.22. The lowest BCUT2D eigenvalue weighted by Gasteiger charge is -2.16. The number of nitrogens with two attached hydrogens (primary N) is 1. The second kappa shape index (κ2) is 23.1. The smallest absolute Gasteiger partial charge is 0.259 e. The minimum Gasteiger partial charge on any atom is -0.493 e. The fraction of sp³-hybridized carbons (Fsp3) is 0.0816. The fourth-order valence-corrected chi connectivity index (χ4v) is 7.71. The average molecular weight is 1070 g/mol. The normalized spacial score (nSPS) is 10.7. The van der Waals surface area contributed by atoms with Crippen molar-refractivity contribution in [3.05, 3.63) is 182 Å². The summed E-state index contributed by atoms with van der Waals surface area (Å²) < 4.78 is 35.3. The molecule has 0 bridgehead atoms. The number of nitrogens with zero attached hydrogens (tertiary/aromatic N) is 3. The van der Waals surface area contributed by atoms with E-state index in [1.165, 1.54) is 62.9 Å². The number of carbonyl (C=O) groups is 4. The predicted octanol–water partition coefficient (Wildman–Crippen LogP) is 9.46. The molecule has 2 aromatic heterocycles. The average Bonchev–Trinajstić information content (AvgIpc) is 3.35. The van der Waals surface area contributed by atoms with Gasteiger partial charge in [-0.1, -0.05) is 65.7 Å². The summed E-state index contributed by atoms with van der Waals surface area (Å²) in [6.07, 6.45) is 2.95. The molecular formula is C49H42BrCl2N9O8S. The molecule has 0 fully saturated rings. The number of sulfonamides is 1. The molecular weight excluding hydrogens is 1030 g/mol. The van der Waals surface area contributed by atoms with Gasteiger partial charge in [0.05, 0.1) is 46.6 Å². The van der Waals surface area contributed by atoms with Crippen molar-refractivity contribution in [1.29, 1.82) is 5.41 Å². The topological polar surface area (TPSA) is 248 Å². The number of amidine groups is 1. The summed E-state index contributed by atoms with van der Waals surface area (Å²) in [4.78, 5) is 61.6. The second-order valence-electron chi connectivity index (χ2n) is 14.9. The number of hydrogen-bond acceptors (Lipinski definition) is 11. The molecule has 7 rings (SSSR count). The number of anilines is 4. The number of amides is 4. The Morgan fingerprint density at radius 3 is 1.67 bits per heavy atom. The zero-order chi connectivity index (χ0) is 50.7. The van der Waals surface area contributed by atoms with E-state index < -0.39 is 33.7 Å². The van der Waals surface area contributed by atoms with Gasteiger partial charge in [0.1, 0.15) is 17.5 Å². The van der Waals surface area contributed by atoms with E-state index in [-0.39, 0.29) is 38.8 Å². The van der Waals surface area contributed by atoms with Gasteiger partial charge in [-0.05, 0) is 100 Å². The van der Waals surface area contributed by atoms with Crippen LogP contribution in [0.4, 0.5) is 23.0 Å². The largest absolute Gasteiger partial charge is 0.493 e. The number of methoxy groups -OCH3 is 2. The van der Waals surface area contributed by atoms with Crippen molar-refractivity contribution in [2.24, 2.45) is 5.14 Å². The molecule has 358 valence electrons. The molecule has 7 N–H and O–H groups in total. The van der Waals surface area contributed by atoms with Crippen molar-refractivity contribution in [3.63, 3.8) is 0 Å². The SMILES string of the molecule is COc1cc(NC(=O)c2ccc(C(=N)N(C)C)cc2)c(C(=O)Nc2ccc(Br)cn2)cc1OC.NS(=O)(=O)c1ccccc1-c1ccc(C(=O)Nc2ccc(Cl)cc2C(=O)Nc2ccc(Cl)cn2)cc1. The van der Waals surface area contributed by atoms with E-state index in [0.717, 1.165) is 4.47 Å². The Labute approximate surface area is 421 Å². The molecule has 0 atom stereocenters. The van der Waals surface area contributed by atoms with Gasteiger partial charge in [0, 0.05) is 64.3 Å². The van der Waals surface area contributed by atoms with Crippen LogP contribution in [0.1, 0.15) is 47.0 Å². The third kappa shape index (κ3) is 13.3. The lowest BCUT2D eigenvalue weighted by molar-refractivity contribution is 0.101. The maximum absolute atomic E-state index is 13.1. The zero-order valence-corrected chi connectivity index (χ0v) is 41.4. The molecule has 7 aromatic rings. The number of carbonyl (C=O) groups excluding carboxylic acids is 4. The van der Waals surface area contributed by atoms with E-state index in [1.54, 1.807) is 110 Å². The monoisotopic (exact) mass is 1070 g/mol. The van der Waals surface area contributed by atoms with E-state index in [1.807, 2.05) is 0 Å². The summed E-state index contributed by atoms with van der Waals surface area (Å²) in [5.41, 5.74) is 3.08. The minimum atomic E-state index is -3.93. The molecule has 0 spiro atoms. The van der Waals surface area contributed by atoms with Crippen LogP contribution in [0.5, 0.6) is 11.5 Å². The molecule has 0 aliphatic carbocycles. The van der Waals surface area contributed by atoms with Crippen LogP contribution in [-0.4, -0.2) is 81.1 Å². The van der Waals surface area contributed by atoms with Gasteiger partial charge >= 0.3 is 0 Å². The number of aromatic nitrogens is 2. The molecule has 70 heavy (non-hydrogen) atoms. The first-order valence-corrected chi connectivity index (χ1v) is 23.6. The van der Waals surface area contributed by atoms with Gasteiger partial charge in [-0.25, -0.2) is 23.5 Å². The van der Waals surface area contributed by atoms with Crippen LogP contribution < -0.4 is 35.9 Å². The highest BCUT2D eigenvalue weighted by molar-refractivity contribution is 9.10. The molecule has 0 saturated heterocycles. The fourth-order valence-electron chi connectivity index (χ4n) is 6.43.